The van der Waals surface area contributed by atoms with E-state index in [0.29, 0.717) is 5.82 Å². The predicted molar refractivity (Wildman–Crippen MR) is 73.5 cm³/mol. The van der Waals surface area contributed by atoms with Crippen molar-refractivity contribution in [2.75, 3.05) is 31.1 Å². The fourth-order valence-electron chi connectivity index (χ4n) is 2.34. The van der Waals surface area contributed by atoms with Gasteiger partial charge >= 0.3 is 5.69 Å². The average Bonchev–Trinajstić information content (AvgIpc) is 2.46. The Morgan fingerprint density at radius 2 is 2.00 bits per heavy atom. The van der Waals surface area contributed by atoms with Gasteiger partial charge in [-0.15, -0.1) is 0 Å². The van der Waals surface area contributed by atoms with E-state index in [-0.39, 0.29) is 10.6 Å². The molecule has 0 amide bonds. The highest BCUT2D eigenvalue weighted by Gasteiger charge is 2.23. The number of nitro groups is 1. The van der Waals surface area contributed by atoms with Crippen molar-refractivity contribution in [1.29, 1.82) is 0 Å². The van der Waals surface area contributed by atoms with Gasteiger partial charge in [0.2, 0.25) is 5.82 Å². The minimum atomic E-state index is -0.350. The lowest BCUT2D eigenvalue weighted by Gasteiger charge is -2.28. The van der Waals surface area contributed by atoms with Crippen LogP contribution in [-0.2, 0) is 0 Å². The summed E-state index contributed by atoms with van der Waals surface area (Å²) in [5.74, 6) is 0.477. The van der Waals surface area contributed by atoms with Gasteiger partial charge in [0.05, 0.1) is 10.4 Å². The van der Waals surface area contributed by atoms with Crippen LogP contribution in [0.5, 0.6) is 0 Å². The molecule has 19 heavy (non-hydrogen) atoms. The maximum absolute atomic E-state index is 11.2. The highest BCUT2D eigenvalue weighted by molar-refractivity contribution is 5.84. The van der Waals surface area contributed by atoms with Crippen molar-refractivity contribution < 1.29 is 4.92 Å². The van der Waals surface area contributed by atoms with Crippen LogP contribution < -0.4 is 10.2 Å². The molecule has 0 aliphatic carbocycles. The van der Waals surface area contributed by atoms with Gasteiger partial charge in [0.1, 0.15) is 0 Å². The summed E-state index contributed by atoms with van der Waals surface area (Å²) in [6.07, 6.45) is 0. The van der Waals surface area contributed by atoms with Gasteiger partial charge in [-0.05, 0) is 6.07 Å². The number of anilines is 1. The molecule has 1 aliphatic heterocycles. The van der Waals surface area contributed by atoms with Crippen molar-refractivity contribution >= 4 is 22.4 Å². The van der Waals surface area contributed by atoms with E-state index >= 15 is 0 Å². The Morgan fingerprint density at radius 3 is 2.74 bits per heavy atom. The topological polar surface area (TPSA) is 71.3 Å². The van der Waals surface area contributed by atoms with Gasteiger partial charge < -0.3 is 10.2 Å². The van der Waals surface area contributed by atoms with E-state index in [2.05, 4.69) is 10.3 Å². The van der Waals surface area contributed by atoms with Crippen LogP contribution in [0.25, 0.3) is 10.9 Å². The summed E-state index contributed by atoms with van der Waals surface area (Å²) in [5, 5.41) is 15.3. The van der Waals surface area contributed by atoms with Crippen LogP contribution in [0.1, 0.15) is 0 Å². The van der Waals surface area contributed by atoms with Crippen LogP contribution in [0.15, 0.2) is 30.3 Å². The third-order valence-electron chi connectivity index (χ3n) is 3.30. The second kappa shape index (κ2) is 4.81. The number of nitrogens with zero attached hydrogens (tertiary/aromatic N) is 3. The highest BCUT2D eigenvalue weighted by atomic mass is 16.6. The summed E-state index contributed by atoms with van der Waals surface area (Å²) in [6.45, 7) is 3.13. The molecule has 0 bridgehead atoms. The van der Waals surface area contributed by atoms with Crippen LogP contribution in [0.4, 0.5) is 11.5 Å². The molecule has 0 atom stereocenters. The molecule has 2 aromatic rings. The van der Waals surface area contributed by atoms with Crippen molar-refractivity contribution in [1.82, 2.24) is 10.3 Å². The summed E-state index contributed by atoms with van der Waals surface area (Å²) < 4.78 is 0. The number of rotatable bonds is 2. The summed E-state index contributed by atoms with van der Waals surface area (Å²) in [4.78, 5) is 17.3. The molecule has 1 aromatic carbocycles. The average molecular weight is 258 g/mol. The lowest BCUT2D eigenvalue weighted by molar-refractivity contribution is -0.384. The third-order valence-corrected chi connectivity index (χ3v) is 3.30. The standard InChI is InChI=1S/C13H14N4O2/c18-17(19)12-9-10-3-1-2-4-11(10)15-13(12)16-7-5-14-6-8-16/h1-4,9,14H,5-8H2. The van der Waals surface area contributed by atoms with Crippen LogP contribution in [0.2, 0.25) is 0 Å². The van der Waals surface area contributed by atoms with Crippen molar-refractivity contribution in [3.05, 3.63) is 40.4 Å². The molecule has 0 radical (unpaired) electrons. The van der Waals surface area contributed by atoms with Crippen molar-refractivity contribution in [3.8, 4) is 0 Å². The minimum Gasteiger partial charge on any atom is -0.348 e. The first kappa shape index (κ1) is 11.9. The largest absolute Gasteiger partial charge is 0.348 e. The second-order valence-corrected chi connectivity index (χ2v) is 4.52. The smallest absolute Gasteiger partial charge is 0.312 e. The summed E-state index contributed by atoms with van der Waals surface area (Å²) >= 11 is 0. The molecule has 0 saturated carbocycles. The Kier molecular flexibility index (Phi) is 3.00. The van der Waals surface area contributed by atoms with E-state index in [1.165, 1.54) is 0 Å². The zero-order valence-corrected chi connectivity index (χ0v) is 10.4. The first-order valence-corrected chi connectivity index (χ1v) is 6.25. The molecule has 2 heterocycles. The van der Waals surface area contributed by atoms with Gasteiger partial charge in [-0.3, -0.25) is 10.1 Å². The van der Waals surface area contributed by atoms with E-state index in [0.717, 1.165) is 37.1 Å². The quantitative estimate of drug-likeness (QED) is 0.653. The van der Waals surface area contributed by atoms with Gasteiger partial charge in [-0.1, -0.05) is 18.2 Å². The number of piperazine rings is 1. The molecule has 1 aliphatic rings. The monoisotopic (exact) mass is 258 g/mol. The Morgan fingerprint density at radius 1 is 1.26 bits per heavy atom. The van der Waals surface area contributed by atoms with E-state index in [9.17, 15) is 10.1 Å². The normalized spacial score (nSPS) is 15.7. The number of benzene rings is 1. The van der Waals surface area contributed by atoms with Gasteiger partial charge in [0.15, 0.2) is 0 Å². The molecule has 6 nitrogen and oxygen atoms in total. The lowest BCUT2D eigenvalue weighted by atomic mass is 10.2. The zero-order chi connectivity index (χ0) is 13.2. The number of fused-ring (bicyclic) bond motifs is 1. The fourth-order valence-corrected chi connectivity index (χ4v) is 2.34. The Balaban J connectivity index is 2.14. The fraction of sp³-hybridized carbons (Fsp3) is 0.308. The Hall–Kier alpha value is -2.21. The van der Waals surface area contributed by atoms with Crippen LogP contribution in [0, 0.1) is 10.1 Å². The predicted octanol–water partition coefficient (Wildman–Crippen LogP) is 1.55. The number of hydrogen-bond acceptors (Lipinski definition) is 5. The van der Waals surface area contributed by atoms with Crippen LogP contribution in [-0.4, -0.2) is 36.1 Å². The summed E-state index contributed by atoms with van der Waals surface area (Å²) in [6, 6.07) is 9.09. The molecule has 3 rings (SSSR count). The molecular formula is C13H14N4O2. The molecule has 1 N–H and O–H groups in total. The van der Waals surface area contributed by atoms with Gasteiger partial charge in [-0.25, -0.2) is 4.98 Å². The Labute approximate surface area is 110 Å². The van der Waals surface area contributed by atoms with Crippen molar-refractivity contribution in [3.63, 3.8) is 0 Å². The lowest BCUT2D eigenvalue weighted by Crippen LogP contribution is -2.44. The summed E-state index contributed by atoms with van der Waals surface area (Å²) in [5.41, 5.74) is 0.877. The molecule has 1 fully saturated rings. The van der Waals surface area contributed by atoms with Crippen molar-refractivity contribution in [2.45, 2.75) is 0 Å². The van der Waals surface area contributed by atoms with Gasteiger partial charge in [0.25, 0.3) is 0 Å². The van der Waals surface area contributed by atoms with Gasteiger partial charge in [-0.2, -0.15) is 0 Å². The van der Waals surface area contributed by atoms with E-state index in [1.54, 1.807) is 6.07 Å². The van der Waals surface area contributed by atoms with Crippen LogP contribution in [0.3, 0.4) is 0 Å². The zero-order valence-electron chi connectivity index (χ0n) is 10.4. The first-order chi connectivity index (χ1) is 9.25. The third kappa shape index (κ3) is 2.22. The van der Waals surface area contributed by atoms with Crippen LogP contribution >= 0.6 is 0 Å². The molecule has 6 heteroatoms. The minimum absolute atomic E-state index is 0.0839. The maximum atomic E-state index is 11.2. The number of pyridine rings is 1. The van der Waals surface area contributed by atoms with E-state index in [1.807, 2.05) is 29.2 Å². The second-order valence-electron chi connectivity index (χ2n) is 4.52. The van der Waals surface area contributed by atoms with Crippen molar-refractivity contribution in [2.24, 2.45) is 0 Å². The first-order valence-electron chi connectivity index (χ1n) is 6.25. The number of hydrogen-bond donors (Lipinski definition) is 1. The number of para-hydroxylation sites is 1. The molecule has 1 aromatic heterocycles. The highest BCUT2D eigenvalue weighted by Crippen LogP contribution is 2.29. The number of nitrogens with one attached hydrogen (secondary N) is 1. The molecule has 1 saturated heterocycles. The molecule has 98 valence electrons. The Bertz CT molecular complexity index is 623. The SMILES string of the molecule is O=[N+]([O-])c1cc2ccccc2nc1N1CCNCC1. The molecular weight excluding hydrogens is 244 g/mol. The molecule has 0 spiro atoms. The van der Waals surface area contributed by atoms with Gasteiger partial charge in [0, 0.05) is 37.6 Å². The molecule has 0 unspecified atom stereocenters. The maximum Gasteiger partial charge on any atom is 0.312 e. The number of aromatic nitrogens is 1. The van der Waals surface area contributed by atoms with E-state index < -0.39 is 0 Å². The summed E-state index contributed by atoms with van der Waals surface area (Å²) in [7, 11) is 0. The van der Waals surface area contributed by atoms with E-state index in [4.69, 9.17) is 0 Å².